The number of rotatable bonds is 7. The lowest BCUT2D eigenvalue weighted by atomic mass is 10.1. The van der Waals surface area contributed by atoms with Crippen molar-refractivity contribution < 1.29 is 14.3 Å². The second kappa shape index (κ2) is 9.56. The second-order valence-corrected chi connectivity index (χ2v) is 6.56. The minimum Gasteiger partial charge on any atom is -0.367 e. The second-order valence-electron chi connectivity index (χ2n) is 6.56. The molecule has 25 heavy (non-hydrogen) atoms. The number of morpholine rings is 1. The molecule has 1 fully saturated rings. The summed E-state index contributed by atoms with van der Waals surface area (Å²) in [5.74, 6) is 0.249. The van der Waals surface area contributed by atoms with Crippen molar-refractivity contribution in [2.45, 2.75) is 52.2 Å². The van der Waals surface area contributed by atoms with Gasteiger partial charge in [0.15, 0.2) is 0 Å². The average molecular weight is 346 g/mol. The highest BCUT2D eigenvalue weighted by molar-refractivity contribution is 5.79. The van der Waals surface area contributed by atoms with Crippen molar-refractivity contribution in [1.29, 1.82) is 0 Å². The molecular formula is C20H30N2O3. The third-order valence-electron chi connectivity index (χ3n) is 4.68. The predicted molar refractivity (Wildman–Crippen MR) is 98.1 cm³/mol. The van der Waals surface area contributed by atoms with Gasteiger partial charge in [0.05, 0.1) is 12.6 Å². The van der Waals surface area contributed by atoms with Crippen molar-refractivity contribution in [1.82, 2.24) is 9.80 Å². The van der Waals surface area contributed by atoms with Gasteiger partial charge in [-0.3, -0.25) is 9.59 Å². The molecule has 1 aromatic rings. The zero-order valence-corrected chi connectivity index (χ0v) is 15.6. The fourth-order valence-electron chi connectivity index (χ4n) is 3.29. The number of hydrogen-bond donors (Lipinski definition) is 0. The Morgan fingerprint density at radius 1 is 1.12 bits per heavy atom. The van der Waals surface area contributed by atoms with E-state index >= 15 is 0 Å². The van der Waals surface area contributed by atoms with Crippen molar-refractivity contribution in [2.75, 3.05) is 26.2 Å². The van der Waals surface area contributed by atoms with E-state index in [1.165, 1.54) is 0 Å². The highest BCUT2D eigenvalue weighted by Gasteiger charge is 2.29. The van der Waals surface area contributed by atoms with Gasteiger partial charge in [0.1, 0.15) is 6.10 Å². The zero-order chi connectivity index (χ0) is 18.2. The molecule has 0 spiro atoms. The summed E-state index contributed by atoms with van der Waals surface area (Å²) < 4.78 is 6.00. The smallest absolute Gasteiger partial charge is 0.222 e. The Hall–Kier alpha value is -1.88. The van der Waals surface area contributed by atoms with Crippen LogP contribution in [0, 0.1) is 0 Å². The summed E-state index contributed by atoms with van der Waals surface area (Å²) in [6, 6.07) is 10.0. The minimum absolute atomic E-state index is 0.0141. The topological polar surface area (TPSA) is 49.9 Å². The molecule has 0 bridgehead atoms. The molecule has 1 aliphatic heterocycles. The summed E-state index contributed by atoms with van der Waals surface area (Å²) in [6.45, 7) is 8.60. The molecule has 0 radical (unpaired) electrons. The minimum atomic E-state index is -0.0776. The Bertz CT molecular complexity index is 557. The number of ether oxygens (including phenoxy) is 1. The first kappa shape index (κ1) is 19.4. The summed E-state index contributed by atoms with van der Waals surface area (Å²) in [5.41, 5.74) is 1.10. The number of hydrogen-bond acceptors (Lipinski definition) is 3. The molecule has 1 heterocycles. The maximum atomic E-state index is 12.6. The molecule has 5 heteroatoms. The molecule has 138 valence electrons. The largest absolute Gasteiger partial charge is 0.367 e. The lowest BCUT2D eigenvalue weighted by Crippen LogP contribution is -2.46. The quantitative estimate of drug-likeness (QED) is 0.762. The molecule has 1 saturated heterocycles. The van der Waals surface area contributed by atoms with E-state index in [0.29, 0.717) is 32.4 Å². The van der Waals surface area contributed by atoms with Crippen LogP contribution < -0.4 is 0 Å². The van der Waals surface area contributed by atoms with Crippen LogP contribution in [0.15, 0.2) is 30.3 Å². The first-order valence-corrected chi connectivity index (χ1v) is 9.31. The van der Waals surface area contributed by atoms with Gasteiger partial charge in [0, 0.05) is 32.5 Å². The monoisotopic (exact) mass is 346 g/mol. The van der Waals surface area contributed by atoms with Crippen LogP contribution in [0.25, 0.3) is 0 Å². The Morgan fingerprint density at radius 3 is 2.44 bits per heavy atom. The Balaban J connectivity index is 1.85. The van der Waals surface area contributed by atoms with Crippen molar-refractivity contribution >= 4 is 11.8 Å². The fourth-order valence-corrected chi connectivity index (χ4v) is 3.29. The molecule has 2 amide bonds. The number of amides is 2. The summed E-state index contributed by atoms with van der Waals surface area (Å²) >= 11 is 0. The van der Waals surface area contributed by atoms with Crippen molar-refractivity contribution in [2.24, 2.45) is 0 Å². The number of carbonyl (C=O) groups excluding carboxylic acids is 2. The molecule has 0 N–H and O–H groups in total. The van der Waals surface area contributed by atoms with Crippen LogP contribution >= 0.6 is 0 Å². The van der Waals surface area contributed by atoms with Crippen molar-refractivity contribution in [3.63, 3.8) is 0 Å². The molecule has 1 aliphatic rings. The van der Waals surface area contributed by atoms with Crippen LogP contribution in [0.3, 0.4) is 0 Å². The normalized spacial score (nSPS) is 20.4. The molecule has 2 unspecified atom stereocenters. The van der Waals surface area contributed by atoms with Crippen LogP contribution in [0.4, 0.5) is 0 Å². The van der Waals surface area contributed by atoms with Crippen LogP contribution in [0.5, 0.6) is 0 Å². The average Bonchev–Trinajstić information content (AvgIpc) is 2.63. The van der Waals surface area contributed by atoms with Gasteiger partial charge in [-0.15, -0.1) is 0 Å². The molecule has 1 aromatic carbocycles. The molecule has 0 aromatic heterocycles. The van der Waals surface area contributed by atoms with Gasteiger partial charge in [-0.2, -0.15) is 0 Å². The maximum absolute atomic E-state index is 12.6. The van der Waals surface area contributed by atoms with E-state index < -0.39 is 0 Å². The van der Waals surface area contributed by atoms with Crippen LogP contribution in [0.2, 0.25) is 0 Å². The first-order valence-electron chi connectivity index (χ1n) is 9.31. The molecule has 0 aliphatic carbocycles. The molecule has 2 atom stereocenters. The van der Waals surface area contributed by atoms with E-state index in [-0.39, 0.29) is 24.0 Å². The van der Waals surface area contributed by atoms with Gasteiger partial charge in [-0.25, -0.2) is 0 Å². The van der Waals surface area contributed by atoms with E-state index in [9.17, 15) is 9.59 Å². The SMILES string of the molecule is CCN(CC)C(=O)CCCC(=O)N1CC(C)OC(c2ccccc2)C1. The maximum Gasteiger partial charge on any atom is 0.222 e. The summed E-state index contributed by atoms with van der Waals surface area (Å²) in [6.07, 6.45) is 1.40. The van der Waals surface area contributed by atoms with Gasteiger partial charge in [0.25, 0.3) is 0 Å². The van der Waals surface area contributed by atoms with Crippen LogP contribution in [-0.4, -0.2) is 53.9 Å². The van der Waals surface area contributed by atoms with Crippen molar-refractivity contribution in [3.05, 3.63) is 35.9 Å². The summed E-state index contributed by atoms with van der Waals surface area (Å²) in [7, 11) is 0. The lowest BCUT2D eigenvalue weighted by molar-refractivity contribution is -0.145. The highest BCUT2D eigenvalue weighted by Crippen LogP contribution is 2.25. The molecule has 5 nitrogen and oxygen atoms in total. The Kier molecular flexibility index (Phi) is 7.44. The highest BCUT2D eigenvalue weighted by atomic mass is 16.5. The predicted octanol–water partition coefficient (Wildman–Crippen LogP) is 3.01. The van der Waals surface area contributed by atoms with Gasteiger partial charge >= 0.3 is 0 Å². The van der Waals surface area contributed by atoms with E-state index in [0.717, 1.165) is 18.7 Å². The zero-order valence-electron chi connectivity index (χ0n) is 15.6. The van der Waals surface area contributed by atoms with Gasteiger partial charge in [0.2, 0.25) is 11.8 Å². The third kappa shape index (κ3) is 5.56. The summed E-state index contributed by atoms with van der Waals surface area (Å²) in [4.78, 5) is 28.3. The van der Waals surface area contributed by atoms with Crippen LogP contribution in [0.1, 0.15) is 51.7 Å². The molecule has 0 saturated carbocycles. The third-order valence-corrected chi connectivity index (χ3v) is 4.68. The van der Waals surface area contributed by atoms with E-state index in [1.54, 1.807) is 0 Å². The molecular weight excluding hydrogens is 316 g/mol. The first-order chi connectivity index (χ1) is 12.0. The number of nitrogens with zero attached hydrogens (tertiary/aromatic N) is 2. The Labute approximate surface area is 150 Å². The van der Waals surface area contributed by atoms with Crippen LogP contribution in [-0.2, 0) is 14.3 Å². The van der Waals surface area contributed by atoms with E-state index in [4.69, 9.17) is 4.74 Å². The standard InChI is InChI=1S/C20H30N2O3/c1-4-21(5-2)19(23)12-9-13-20(24)22-14-16(3)25-18(15-22)17-10-7-6-8-11-17/h6-8,10-11,16,18H,4-5,9,12-15H2,1-3H3. The number of benzene rings is 1. The Morgan fingerprint density at radius 2 is 1.80 bits per heavy atom. The summed E-state index contributed by atoms with van der Waals surface area (Å²) in [5, 5.41) is 0. The number of carbonyl (C=O) groups is 2. The van der Waals surface area contributed by atoms with E-state index in [1.807, 2.05) is 60.9 Å². The lowest BCUT2D eigenvalue weighted by Gasteiger charge is -2.37. The van der Waals surface area contributed by atoms with Gasteiger partial charge < -0.3 is 14.5 Å². The van der Waals surface area contributed by atoms with Crippen molar-refractivity contribution in [3.8, 4) is 0 Å². The van der Waals surface area contributed by atoms with E-state index in [2.05, 4.69) is 0 Å². The van der Waals surface area contributed by atoms with Gasteiger partial charge in [-0.05, 0) is 32.8 Å². The molecule has 2 rings (SSSR count). The van der Waals surface area contributed by atoms with Gasteiger partial charge in [-0.1, -0.05) is 30.3 Å². The fraction of sp³-hybridized carbons (Fsp3) is 0.600.